The smallest absolute Gasteiger partial charge is 0.264 e. The van der Waals surface area contributed by atoms with Crippen LogP contribution in [-0.2, 0) is 10.0 Å². The molecule has 1 aliphatic rings. The lowest BCUT2D eigenvalue weighted by Crippen LogP contribution is -2.42. The Balaban J connectivity index is 1.96. The Morgan fingerprint density at radius 2 is 1.80 bits per heavy atom. The van der Waals surface area contributed by atoms with Crippen LogP contribution in [0.15, 0.2) is 47.4 Å². The van der Waals surface area contributed by atoms with E-state index >= 15 is 0 Å². The van der Waals surface area contributed by atoms with Crippen molar-refractivity contribution < 1.29 is 17.6 Å². The van der Waals surface area contributed by atoms with Crippen LogP contribution in [0.3, 0.4) is 0 Å². The van der Waals surface area contributed by atoms with Crippen LogP contribution in [0.5, 0.6) is 0 Å². The number of likely N-dealkylation sites (tertiary alicyclic amines) is 1. The molecule has 0 atom stereocenters. The van der Waals surface area contributed by atoms with Gasteiger partial charge in [-0.25, -0.2) is 12.8 Å². The number of sulfonamides is 1. The molecule has 132 valence electrons. The quantitative estimate of drug-likeness (QED) is 0.816. The van der Waals surface area contributed by atoms with Crippen LogP contribution in [-0.4, -0.2) is 39.4 Å². The first-order valence-electron chi connectivity index (χ1n) is 7.64. The minimum Gasteiger partial charge on any atom is -0.338 e. The molecule has 1 fully saturated rings. The standard InChI is InChI=1S/C17H16ClFN2O3S/c1-20(13-5-3-12(19)4-6-13)25(23,24)14-7-8-16(18)15(11-14)17(22)21-9-2-10-21/h3-8,11H,2,9-10H2,1H3. The minimum absolute atomic E-state index is 0.0485. The summed E-state index contributed by atoms with van der Waals surface area (Å²) in [5, 5.41) is 0.209. The summed E-state index contributed by atoms with van der Waals surface area (Å²) < 4.78 is 39.7. The Bertz CT molecular complexity index is 912. The van der Waals surface area contributed by atoms with Gasteiger partial charge in [0, 0.05) is 20.1 Å². The summed E-state index contributed by atoms with van der Waals surface area (Å²) in [4.78, 5) is 14.0. The summed E-state index contributed by atoms with van der Waals surface area (Å²) in [6, 6.07) is 9.15. The van der Waals surface area contributed by atoms with Crippen LogP contribution >= 0.6 is 11.6 Å². The topological polar surface area (TPSA) is 57.7 Å². The van der Waals surface area contributed by atoms with Gasteiger partial charge in [-0.15, -0.1) is 0 Å². The van der Waals surface area contributed by atoms with Gasteiger partial charge in [0.1, 0.15) is 5.82 Å². The zero-order valence-corrected chi connectivity index (χ0v) is 15.0. The van der Waals surface area contributed by atoms with E-state index in [4.69, 9.17) is 11.6 Å². The number of anilines is 1. The SMILES string of the molecule is CN(c1ccc(F)cc1)S(=O)(=O)c1ccc(Cl)c(C(=O)N2CCC2)c1. The number of nitrogens with zero attached hydrogens (tertiary/aromatic N) is 2. The molecule has 2 aromatic rings. The molecule has 1 saturated heterocycles. The maximum absolute atomic E-state index is 13.0. The molecule has 1 heterocycles. The van der Waals surface area contributed by atoms with E-state index < -0.39 is 15.8 Å². The Kier molecular flexibility index (Phi) is 4.71. The van der Waals surface area contributed by atoms with E-state index in [9.17, 15) is 17.6 Å². The highest BCUT2D eigenvalue weighted by molar-refractivity contribution is 7.92. The van der Waals surface area contributed by atoms with Crippen molar-refractivity contribution in [2.75, 3.05) is 24.4 Å². The number of benzene rings is 2. The second kappa shape index (κ2) is 6.65. The van der Waals surface area contributed by atoms with Crippen LogP contribution in [0.25, 0.3) is 0 Å². The van der Waals surface area contributed by atoms with Gasteiger partial charge in [0.2, 0.25) is 0 Å². The summed E-state index contributed by atoms with van der Waals surface area (Å²) in [6.45, 7) is 1.28. The molecule has 2 aromatic carbocycles. The molecule has 0 aliphatic carbocycles. The van der Waals surface area contributed by atoms with E-state index in [0.29, 0.717) is 18.8 Å². The number of carbonyl (C=O) groups is 1. The maximum Gasteiger partial charge on any atom is 0.264 e. The number of carbonyl (C=O) groups excluding carboxylic acids is 1. The number of hydrogen-bond acceptors (Lipinski definition) is 3. The number of halogens is 2. The lowest BCUT2D eigenvalue weighted by Gasteiger charge is -2.31. The molecule has 5 nitrogen and oxygen atoms in total. The molecule has 0 N–H and O–H groups in total. The van der Waals surface area contributed by atoms with Gasteiger partial charge >= 0.3 is 0 Å². The first kappa shape index (κ1) is 17.7. The van der Waals surface area contributed by atoms with Crippen molar-refractivity contribution in [2.24, 2.45) is 0 Å². The van der Waals surface area contributed by atoms with E-state index in [1.54, 1.807) is 4.90 Å². The number of hydrogen-bond donors (Lipinski definition) is 0. The third kappa shape index (κ3) is 3.34. The molecular formula is C17H16ClFN2O3S. The summed E-state index contributed by atoms with van der Waals surface area (Å²) in [5.41, 5.74) is 0.474. The average Bonchev–Trinajstić information content (AvgIpc) is 2.53. The van der Waals surface area contributed by atoms with E-state index in [0.717, 1.165) is 10.7 Å². The fourth-order valence-electron chi connectivity index (χ4n) is 2.47. The van der Waals surface area contributed by atoms with Crippen molar-refractivity contribution in [3.8, 4) is 0 Å². The number of amides is 1. The molecule has 0 unspecified atom stereocenters. The van der Waals surface area contributed by atoms with Crippen molar-refractivity contribution in [1.29, 1.82) is 0 Å². The molecule has 1 aliphatic heterocycles. The molecule has 0 bridgehead atoms. The molecule has 0 radical (unpaired) electrons. The van der Waals surface area contributed by atoms with Gasteiger partial charge in [0.15, 0.2) is 0 Å². The van der Waals surface area contributed by atoms with Crippen LogP contribution < -0.4 is 4.31 Å². The highest BCUT2D eigenvalue weighted by Gasteiger charge is 2.27. The van der Waals surface area contributed by atoms with Crippen molar-refractivity contribution in [3.05, 3.63) is 58.9 Å². The third-order valence-corrected chi connectivity index (χ3v) is 6.27. The van der Waals surface area contributed by atoms with Gasteiger partial charge in [-0.2, -0.15) is 0 Å². The zero-order chi connectivity index (χ0) is 18.2. The largest absolute Gasteiger partial charge is 0.338 e. The normalized spacial score (nSPS) is 14.1. The second-order valence-corrected chi connectivity index (χ2v) is 8.11. The highest BCUT2D eigenvalue weighted by Crippen LogP contribution is 2.27. The van der Waals surface area contributed by atoms with Crippen LogP contribution in [0, 0.1) is 5.82 Å². The molecule has 8 heteroatoms. The Morgan fingerprint density at radius 1 is 1.16 bits per heavy atom. The third-order valence-electron chi connectivity index (χ3n) is 4.16. The minimum atomic E-state index is -3.91. The summed E-state index contributed by atoms with van der Waals surface area (Å²) in [5.74, 6) is -0.735. The van der Waals surface area contributed by atoms with Gasteiger partial charge in [0.05, 0.1) is 21.2 Å². The molecule has 0 saturated carbocycles. The van der Waals surface area contributed by atoms with Crippen molar-refractivity contribution >= 4 is 33.2 Å². The lowest BCUT2D eigenvalue weighted by molar-refractivity contribution is 0.0651. The average molecular weight is 383 g/mol. The van der Waals surface area contributed by atoms with Gasteiger partial charge in [0.25, 0.3) is 15.9 Å². The van der Waals surface area contributed by atoms with Gasteiger partial charge in [-0.3, -0.25) is 9.10 Å². The van der Waals surface area contributed by atoms with Crippen molar-refractivity contribution in [2.45, 2.75) is 11.3 Å². The highest BCUT2D eigenvalue weighted by atomic mass is 35.5. The lowest BCUT2D eigenvalue weighted by atomic mass is 10.1. The Hall–Kier alpha value is -2.12. The summed E-state index contributed by atoms with van der Waals surface area (Å²) in [7, 11) is -2.54. The van der Waals surface area contributed by atoms with Crippen LogP contribution in [0.2, 0.25) is 5.02 Å². The van der Waals surface area contributed by atoms with E-state index in [2.05, 4.69) is 0 Å². The zero-order valence-electron chi connectivity index (χ0n) is 13.4. The van der Waals surface area contributed by atoms with Crippen molar-refractivity contribution in [3.63, 3.8) is 0 Å². The van der Waals surface area contributed by atoms with Crippen LogP contribution in [0.4, 0.5) is 10.1 Å². The summed E-state index contributed by atoms with van der Waals surface area (Å²) in [6.07, 6.45) is 0.925. The fraction of sp³-hybridized carbons (Fsp3) is 0.235. The van der Waals surface area contributed by atoms with Crippen molar-refractivity contribution in [1.82, 2.24) is 4.90 Å². The van der Waals surface area contributed by atoms with Gasteiger partial charge in [-0.05, 0) is 48.9 Å². The molecular weight excluding hydrogens is 367 g/mol. The predicted molar refractivity (Wildman–Crippen MR) is 94.0 cm³/mol. The van der Waals surface area contributed by atoms with Gasteiger partial charge < -0.3 is 4.90 Å². The van der Waals surface area contributed by atoms with E-state index in [-0.39, 0.29) is 21.4 Å². The second-order valence-electron chi connectivity index (χ2n) is 5.74. The van der Waals surface area contributed by atoms with E-state index in [1.165, 1.54) is 49.5 Å². The molecule has 1 amide bonds. The molecule has 0 aromatic heterocycles. The van der Waals surface area contributed by atoms with E-state index in [1.807, 2.05) is 0 Å². The number of rotatable bonds is 4. The Labute approximate surface area is 150 Å². The maximum atomic E-state index is 13.0. The fourth-order valence-corrected chi connectivity index (χ4v) is 3.89. The molecule has 0 spiro atoms. The predicted octanol–water partition coefficient (Wildman–Crippen LogP) is 3.15. The monoisotopic (exact) mass is 382 g/mol. The van der Waals surface area contributed by atoms with Crippen LogP contribution in [0.1, 0.15) is 16.8 Å². The molecule has 3 rings (SSSR count). The van der Waals surface area contributed by atoms with Gasteiger partial charge in [-0.1, -0.05) is 11.6 Å². The first-order valence-corrected chi connectivity index (χ1v) is 9.46. The molecule has 25 heavy (non-hydrogen) atoms. The Morgan fingerprint density at radius 3 is 2.36 bits per heavy atom. The summed E-state index contributed by atoms with van der Waals surface area (Å²) >= 11 is 6.08. The first-order chi connectivity index (χ1) is 11.8.